The first-order valence-electron chi connectivity index (χ1n) is 6.71. The number of amides is 2. The summed E-state index contributed by atoms with van der Waals surface area (Å²) in [7, 11) is 0. The van der Waals surface area contributed by atoms with Gasteiger partial charge in [0.05, 0.1) is 5.92 Å². The molecule has 2 amide bonds. The minimum atomic E-state index is -0.630. The zero-order valence-electron chi connectivity index (χ0n) is 12.0. The van der Waals surface area contributed by atoms with Crippen LogP contribution < -0.4 is 10.8 Å². The summed E-state index contributed by atoms with van der Waals surface area (Å²) in [6, 6.07) is 6.75. The molecule has 1 aromatic carbocycles. The molecule has 8 nitrogen and oxygen atoms in total. The van der Waals surface area contributed by atoms with Crippen molar-refractivity contribution >= 4 is 17.8 Å². The summed E-state index contributed by atoms with van der Waals surface area (Å²) in [6.45, 7) is 1.65. The lowest BCUT2D eigenvalue weighted by atomic mass is 10.0. The number of rotatable bonds is 6. The van der Waals surface area contributed by atoms with Crippen LogP contribution in [0.5, 0.6) is 5.75 Å². The summed E-state index contributed by atoms with van der Waals surface area (Å²) in [5.41, 5.74) is 0.855. The van der Waals surface area contributed by atoms with Crippen LogP contribution in [0.25, 0.3) is 0 Å². The zero-order valence-corrected chi connectivity index (χ0v) is 12.0. The second kappa shape index (κ2) is 7.01. The van der Waals surface area contributed by atoms with E-state index >= 15 is 0 Å². The van der Waals surface area contributed by atoms with Gasteiger partial charge in [-0.2, -0.15) is 5.90 Å². The molecule has 0 spiro atoms. The second-order valence-electron chi connectivity index (χ2n) is 4.92. The fourth-order valence-corrected chi connectivity index (χ4v) is 2.01. The van der Waals surface area contributed by atoms with E-state index in [1.54, 1.807) is 31.2 Å². The topological polar surface area (TPSA) is 108 Å². The highest BCUT2D eigenvalue weighted by Crippen LogP contribution is 2.18. The molecule has 1 fully saturated rings. The van der Waals surface area contributed by atoms with Crippen molar-refractivity contribution in [2.75, 3.05) is 0 Å². The molecule has 1 heterocycles. The highest BCUT2D eigenvalue weighted by molar-refractivity contribution is 6.01. The van der Waals surface area contributed by atoms with Gasteiger partial charge >= 0.3 is 5.97 Å². The molecule has 1 aliphatic heterocycles. The molecular weight excluding hydrogens is 292 g/mol. The van der Waals surface area contributed by atoms with Gasteiger partial charge in [0.15, 0.2) is 5.75 Å². The zero-order chi connectivity index (χ0) is 16.1. The lowest BCUT2D eigenvalue weighted by molar-refractivity contribution is -0.211. The quantitative estimate of drug-likeness (QED) is 0.467. The van der Waals surface area contributed by atoms with Gasteiger partial charge < -0.3 is 9.73 Å². The molecule has 2 N–H and O–H groups in total. The molecule has 0 aliphatic carbocycles. The van der Waals surface area contributed by atoms with Crippen molar-refractivity contribution in [3.63, 3.8) is 0 Å². The smallest absolute Gasteiger partial charge is 0.330 e. The Hall–Kier alpha value is -2.45. The van der Waals surface area contributed by atoms with E-state index in [0.717, 1.165) is 5.56 Å². The molecule has 118 valence electrons. The Kier molecular flexibility index (Phi) is 5.08. The predicted molar refractivity (Wildman–Crippen MR) is 72.4 cm³/mol. The Morgan fingerprint density at radius 2 is 1.82 bits per heavy atom. The number of imide groups is 1. The Morgan fingerprint density at radius 1 is 1.23 bits per heavy atom. The number of carbonyl (C=O) groups excluding carboxylic acids is 3. The molecule has 2 rings (SSSR count). The number of hydroxylamine groups is 2. The van der Waals surface area contributed by atoms with Gasteiger partial charge in [0, 0.05) is 12.8 Å². The molecule has 8 heteroatoms. The monoisotopic (exact) mass is 308 g/mol. The first-order chi connectivity index (χ1) is 10.5. The number of nitrogens with zero attached hydrogens (tertiary/aromatic N) is 1. The van der Waals surface area contributed by atoms with Crippen LogP contribution in [0.3, 0.4) is 0 Å². The van der Waals surface area contributed by atoms with Gasteiger partial charge in [-0.1, -0.05) is 24.0 Å². The van der Waals surface area contributed by atoms with E-state index in [2.05, 4.69) is 9.88 Å². The summed E-state index contributed by atoms with van der Waals surface area (Å²) >= 11 is 0. The summed E-state index contributed by atoms with van der Waals surface area (Å²) in [5, 5.41) is 0.550. The van der Waals surface area contributed by atoms with Gasteiger partial charge in [-0.15, -0.1) is 5.06 Å². The van der Waals surface area contributed by atoms with Crippen molar-refractivity contribution in [3.8, 4) is 5.75 Å². The van der Waals surface area contributed by atoms with E-state index in [9.17, 15) is 14.4 Å². The molecule has 1 aliphatic rings. The van der Waals surface area contributed by atoms with Gasteiger partial charge in [-0.3, -0.25) is 9.59 Å². The van der Waals surface area contributed by atoms with E-state index in [1.807, 2.05) is 0 Å². The lowest BCUT2D eigenvalue weighted by Crippen LogP contribution is -2.34. The van der Waals surface area contributed by atoms with Crippen molar-refractivity contribution in [2.24, 2.45) is 11.8 Å². The van der Waals surface area contributed by atoms with E-state index in [-0.39, 0.29) is 12.8 Å². The van der Waals surface area contributed by atoms with Crippen molar-refractivity contribution in [1.29, 1.82) is 0 Å². The minimum absolute atomic E-state index is 0.0746. The summed E-state index contributed by atoms with van der Waals surface area (Å²) in [4.78, 5) is 48.3. The average molecular weight is 308 g/mol. The number of hydrogen-bond donors (Lipinski definition) is 1. The van der Waals surface area contributed by atoms with Crippen LogP contribution in [0, 0.1) is 5.92 Å². The molecular formula is C14H16N2O6. The maximum absolute atomic E-state index is 11.9. The third-order valence-corrected chi connectivity index (χ3v) is 3.20. The Bertz CT molecular complexity index is 555. The van der Waals surface area contributed by atoms with Crippen molar-refractivity contribution in [2.45, 2.75) is 26.2 Å². The first kappa shape index (κ1) is 15.9. The van der Waals surface area contributed by atoms with Crippen LogP contribution in [-0.2, 0) is 30.6 Å². The second-order valence-corrected chi connectivity index (χ2v) is 4.92. The molecule has 1 aromatic rings. The van der Waals surface area contributed by atoms with Crippen molar-refractivity contribution in [1.82, 2.24) is 5.06 Å². The molecule has 0 bridgehead atoms. The molecule has 1 unspecified atom stereocenters. The maximum Gasteiger partial charge on any atom is 0.336 e. The van der Waals surface area contributed by atoms with Gasteiger partial charge in [0.25, 0.3) is 11.8 Å². The van der Waals surface area contributed by atoms with Crippen LogP contribution in [0.2, 0.25) is 0 Å². The third-order valence-electron chi connectivity index (χ3n) is 3.20. The van der Waals surface area contributed by atoms with E-state index in [1.165, 1.54) is 0 Å². The summed E-state index contributed by atoms with van der Waals surface area (Å²) in [6.07, 6.45) is 0.537. The van der Waals surface area contributed by atoms with Crippen LogP contribution in [0.1, 0.15) is 25.3 Å². The SMILES string of the molecule is CC(Cc1ccc(OON)cc1)C(=O)ON1C(=O)CCC1=O. The van der Waals surface area contributed by atoms with E-state index < -0.39 is 23.7 Å². The summed E-state index contributed by atoms with van der Waals surface area (Å²) in [5.74, 6) is 3.07. The highest BCUT2D eigenvalue weighted by atomic mass is 17.3. The van der Waals surface area contributed by atoms with Gasteiger partial charge in [-0.05, 0) is 24.1 Å². The lowest BCUT2D eigenvalue weighted by Gasteiger charge is -2.16. The van der Waals surface area contributed by atoms with E-state index in [4.69, 9.17) is 10.7 Å². The molecule has 0 aromatic heterocycles. The van der Waals surface area contributed by atoms with Crippen LogP contribution in [-0.4, -0.2) is 22.8 Å². The standard InChI is InChI=1S/C14H16N2O6/c1-9(8-10-2-4-11(5-3-10)21-22-15)14(19)20-16-12(17)6-7-13(16)18/h2-5,9H,6-8,15H2,1H3. The largest absolute Gasteiger partial charge is 0.336 e. The Labute approximate surface area is 126 Å². The van der Waals surface area contributed by atoms with E-state index in [0.29, 0.717) is 17.2 Å². The summed E-state index contributed by atoms with van der Waals surface area (Å²) < 4.78 is 0. The molecule has 0 radical (unpaired) electrons. The minimum Gasteiger partial charge on any atom is -0.330 e. The molecule has 22 heavy (non-hydrogen) atoms. The maximum atomic E-state index is 11.9. The molecule has 1 atom stereocenters. The highest BCUT2D eigenvalue weighted by Gasteiger charge is 2.33. The number of nitrogens with two attached hydrogens (primary N) is 1. The predicted octanol–water partition coefficient (Wildman–Crippen LogP) is 0.656. The molecule has 1 saturated heterocycles. The number of benzene rings is 1. The number of hydrogen-bond acceptors (Lipinski definition) is 7. The Morgan fingerprint density at radius 3 is 2.36 bits per heavy atom. The average Bonchev–Trinajstić information content (AvgIpc) is 2.81. The van der Waals surface area contributed by atoms with Crippen LogP contribution in [0.15, 0.2) is 24.3 Å². The van der Waals surface area contributed by atoms with Crippen LogP contribution in [0.4, 0.5) is 0 Å². The molecule has 0 saturated carbocycles. The fraction of sp³-hybridized carbons (Fsp3) is 0.357. The Balaban J connectivity index is 1.90. The fourth-order valence-electron chi connectivity index (χ4n) is 2.01. The van der Waals surface area contributed by atoms with Crippen LogP contribution >= 0.6 is 0 Å². The van der Waals surface area contributed by atoms with Gasteiger partial charge in [0.2, 0.25) is 0 Å². The van der Waals surface area contributed by atoms with Gasteiger partial charge in [0.1, 0.15) is 0 Å². The van der Waals surface area contributed by atoms with Crippen molar-refractivity contribution in [3.05, 3.63) is 29.8 Å². The third kappa shape index (κ3) is 3.80. The normalized spacial score (nSPS) is 15.8. The number of carbonyl (C=O) groups is 3. The van der Waals surface area contributed by atoms with Crippen molar-refractivity contribution < 1.29 is 29.1 Å². The first-order valence-corrected chi connectivity index (χ1v) is 6.71. The van der Waals surface area contributed by atoms with Gasteiger partial charge in [-0.25, -0.2) is 4.79 Å².